The van der Waals surface area contributed by atoms with Crippen LogP contribution in [0.3, 0.4) is 0 Å². The highest BCUT2D eigenvalue weighted by atomic mass is 15.0. The van der Waals surface area contributed by atoms with Gasteiger partial charge >= 0.3 is 0 Å². The van der Waals surface area contributed by atoms with E-state index in [1.165, 1.54) is 16.7 Å². The molecule has 0 radical (unpaired) electrons. The molecule has 0 aliphatic carbocycles. The normalized spacial score (nSPS) is 10.4. The third-order valence-corrected chi connectivity index (χ3v) is 3.01. The third kappa shape index (κ3) is 2.28. The van der Waals surface area contributed by atoms with Gasteiger partial charge in [0.25, 0.3) is 0 Å². The number of anilines is 1. The summed E-state index contributed by atoms with van der Waals surface area (Å²) in [7, 11) is 1.85. The molecule has 0 atom stereocenters. The highest BCUT2D eigenvalue weighted by Gasteiger charge is 2.06. The van der Waals surface area contributed by atoms with Crippen molar-refractivity contribution >= 4 is 5.82 Å². The molecule has 3 heteroatoms. The van der Waals surface area contributed by atoms with Crippen molar-refractivity contribution in [3.8, 4) is 11.3 Å². The minimum absolute atomic E-state index is 0.792. The van der Waals surface area contributed by atoms with Gasteiger partial charge in [0.05, 0.1) is 18.1 Å². The fraction of sp³-hybridized carbons (Fsp3) is 0.286. The molecule has 0 unspecified atom stereocenters. The minimum atomic E-state index is 0.792. The van der Waals surface area contributed by atoms with Gasteiger partial charge in [0.15, 0.2) is 0 Å². The van der Waals surface area contributed by atoms with E-state index in [0.29, 0.717) is 0 Å². The summed E-state index contributed by atoms with van der Waals surface area (Å²) in [6.45, 7) is 6.35. The molecular weight excluding hydrogens is 210 g/mol. The van der Waals surface area contributed by atoms with E-state index in [1.807, 2.05) is 7.05 Å². The second kappa shape index (κ2) is 4.53. The zero-order valence-corrected chi connectivity index (χ0v) is 10.7. The smallest absolute Gasteiger partial charge is 0.144 e. The molecule has 0 aliphatic rings. The van der Waals surface area contributed by atoms with Crippen molar-refractivity contribution in [3.05, 3.63) is 41.2 Å². The van der Waals surface area contributed by atoms with Crippen LogP contribution in [0.15, 0.2) is 24.5 Å². The Hall–Kier alpha value is -1.90. The fourth-order valence-corrected chi connectivity index (χ4v) is 1.85. The first-order valence-corrected chi connectivity index (χ1v) is 5.70. The van der Waals surface area contributed by atoms with Gasteiger partial charge in [-0.2, -0.15) is 0 Å². The van der Waals surface area contributed by atoms with Crippen molar-refractivity contribution in [2.75, 3.05) is 12.4 Å². The number of rotatable bonds is 2. The number of hydrogen-bond acceptors (Lipinski definition) is 3. The van der Waals surface area contributed by atoms with Crippen molar-refractivity contribution in [2.45, 2.75) is 20.8 Å². The van der Waals surface area contributed by atoms with Crippen LogP contribution in [0, 0.1) is 20.8 Å². The van der Waals surface area contributed by atoms with Crippen molar-refractivity contribution in [1.82, 2.24) is 9.97 Å². The van der Waals surface area contributed by atoms with E-state index < -0.39 is 0 Å². The first-order valence-electron chi connectivity index (χ1n) is 5.70. The van der Waals surface area contributed by atoms with Crippen LogP contribution in [0.2, 0.25) is 0 Å². The average Bonchev–Trinajstić information content (AvgIpc) is 2.34. The molecule has 0 fully saturated rings. The van der Waals surface area contributed by atoms with Crippen molar-refractivity contribution in [2.24, 2.45) is 0 Å². The Morgan fingerprint density at radius 3 is 2.35 bits per heavy atom. The molecule has 1 heterocycles. The van der Waals surface area contributed by atoms with E-state index in [9.17, 15) is 0 Å². The van der Waals surface area contributed by atoms with Crippen LogP contribution in [0.1, 0.15) is 16.7 Å². The fourth-order valence-electron chi connectivity index (χ4n) is 1.85. The molecule has 17 heavy (non-hydrogen) atoms. The molecule has 1 aromatic carbocycles. The van der Waals surface area contributed by atoms with Crippen LogP contribution in [0.5, 0.6) is 0 Å². The Kier molecular flexibility index (Phi) is 3.09. The lowest BCUT2D eigenvalue weighted by molar-refractivity contribution is 1.18. The predicted molar refractivity (Wildman–Crippen MR) is 71.2 cm³/mol. The van der Waals surface area contributed by atoms with Crippen LogP contribution in [-0.4, -0.2) is 17.0 Å². The maximum absolute atomic E-state index is 4.52. The van der Waals surface area contributed by atoms with Gasteiger partial charge in [0, 0.05) is 12.6 Å². The van der Waals surface area contributed by atoms with Gasteiger partial charge in [-0.25, -0.2) is 4.98 Å². The van der Waals surface area contributed by atoms with Gasteiger partial charge in [-0.05, 0) is 43.5 Å². The highest BCUT2D eigenvalue weighted by molar-refractivity contribution is 5.65. The van der Waals surface area contributed by atoms with E-state index >= 15 is 0 Å². The standard InChI is InChI=1S/C14H17N3/c1-9-5-11(3)12(6-10(9)2)13-7-16-8-14(15-4)17-13/h5-8H,1-4H3,(H,15,17). The Morgan fingerprint density at radius 1 is 0.941 bits per heavy atom. The molecule has 3 nitrogen and oxygen atoms in total. The Balaban J connectivity index is 2.56. The molecule has 0 amide bonds. The molecule has 0 saturated heterocycles. The van der Waals surface area contributed by atoms with E-state index in [0.717, 1.165) is 17.1 Å². The topological polar surface area (TPSA) is 37.8 Å². The first-order chi connectivity index (χ1) is 8.11. The lowest BCUT2D eigenvalue weighted by Crippen LogP contribution is -1.97. The van der Waals surface area contributed by atoms with Crippen LogP contribution in [-0.2, 0) is 0 Å². The summed E-state index contributed by atoms with van der Waals surface area (Å²) in [5.41, 5.74) is 5.89. The molecule has 0 aliphatic heterocycles. The maximum atomic E-state index is 4.52. The number of nitrogens with zero attached hydrogens (tertiary/aromatic N) is 2. The van der Waals surface area contributed by atoms with E-state index in [4.69, 9.17) is 0 Å². The number of hydrogen-bond donors (Lipinski definition) is 1. The van der Waals surface area contributed by atoms with Gasteiger partial charge in [-0.15, -0.1) is 0 Å². The zero-order valence-electron chi connectivity index (χ0n) is 10.7. The Labute approximate surface area is 102 Å². The molecule has 0 bridgehead atoms. The van der Waals surface area contributed by atoms with Gasteiger partial charge in [-0.3, -0.25) is 4.98 Å². The largest absolute Gasteiger partial charge is 0.372 e. The third-order valence-electron chi connectivity index (χ3n) is 3.01. The van der Waals surface area contributed by atoms with Crippen LogP contribution >= 0.6 is 0 Å². The molecule has 2 rings (SSSR count). The lowest BCUT2D eigenvalue weighted by atomic mass is 9.99. The average molecular weight is 227 g/mol. The highest BCUT2D eigenvalue weighted by Crippen LogP contribution is 2.25. The summed E-state index contributed by atoms with van der Waals surface area (Å²) in [5, 5.41) is 3.01. The number of nitrogens with one attached hydrogen (secondary N) is 1. The number of aromatic nitrogens is 2. The Bertz CT molecular complexity index is 547. The van der Waals surface area contributed by atoms with Gasteiger partial charge in [0.2, 0.25) is 0 Å². The van der Waals surface area contributed by atoms with E-state index in [2.05, 4.69) is 48.2 Å². The maximum Gasteiger partial charge on any atom is 0.144 e. The molecule has 2 aromatic rings. The summed E-state index contributed by atoms with van der Waals surface area (Å²) in [4.78, 5) is 8.72. The van der Waals surface area contributed by atoms with E-state index in [-0.39, 0.29) is 0 Å². The minimum Gasteiger partial charge on any atom is -0.372 e. The summed E-state index contributed by atoms with van der Waals surface area (Å²) in [5.74, 6) is 0.792. The van der Waals surface area contributed by atoms with Gasteiger partial charge in [-0.1, -0.05) is 6.07 Å². The molecule has 1 aromatic heterocycles. The van der Waals surface area contributed by atoms with E-state index in [1.54, 1.807) is 12.4 Å². The lowest BCUT2D eigenvalue weighted by Gasteiger charge is -2.10. The van der Waals surface area contributed by atoms with Crippen LogP contribution < -0.4 is 5.32 Å². The molecule has 88 valence electrons. The first kappa shape index (κ1) is 11.6. The molecular formula is C14H17N3. The quantitative estimate of drug-likeness (QED) is 0.856. The Morgan fingerprint density at radius 2 is 1.65 bits per heavy atom. The number of benzene rings is 1. The predicted octanol–water partition coefficient (Wildman–Crippen LogP) is 3.11. The second-order valence-electron chi connectivity index (χ2n) is 4.29. The van der Waals surface area contributed by atoms with Crippen molar-refractivity contribution < 1.29 is 0 Å². The van der Waals surface area contributed by atoms with Gasteiger partial charge < -0.3 is 5.32 Å². The molecule has 1 N–H and O–H groups in total. The molecule has 0 saturated carbocycles. The zero-order chi connectivity index (χ0) is 12.4. The van der Waals surface area contributed by atoms with Crippen LogP contribution in [0.25, 0.3) is 11.3 Å². The molecule has 0 spiro atoms. The SMILES string of the molecule is CNc1cncc(-c2cc(C)c(C)cc2C)n1. The monoisotopic (exact) mass is 227 g/mol. The van der Waals surface area contributed by atoms with Crippen molar-refractivity contribution in [3.63, 3.8) is 0 Å². The number of aryl methyl sites for hydroxylation is 3. The summed E-state index contributed by atoms with van der Waals surface area (Å²) < 4.78 is 0. The second-order valence-corrected chi connectivity index (χ2v) is 4.29. The van der Waals surface area contributed by atoms with Crippen LogP contribution in [0.4, 0.5) is 5.82 Å². The summed E-state index contributed by atoms with van der Waals surface area (Å²) in [6, 6.07) is 4.37. The van der Waals surface area contributed by atoms with Gasteiger partial charge in [0.1, 0.15) is 5.82 Å². The summed E-state index contributed by atoms with van der Waals surface area (Å²) >= 11 is 0. The van der Waals surface area contributed by atoms with Crippen molar-refractivity contribution in [1.29, 1.82) is 0 Å². The summed E-state index contributed by atoms with van der Waals surface area (Å²) in [6.07, 6.45) is 3.53.